The van der Waals surface area contributed by atoms with Crippen LogP contribution in [0.1, 0.15) is 31.2 Å². The lowest BCUT2D eigenvalue weighted by Gasteiger charge is -2.26. The van der Waals surface area contributed by atoms with E-state index < -0.39 is 0 Å². The maximum atomic E-state index is 11.9. The lowest BCUT2D eigenvalue weighted by atomic mass is 9.85. The summed E-state index contributed by atoms with van der Waals surface area (Å²) in [5.74, 6) is -0.303. The third kappa shape index (κ3) is 3.47. The Balaban J connectivity index is 1.85. The minimum Gasteiger partial charge on any atom is -0.461 e. The van der Waals surface area contributed by atoms with Gasteiger partial charge in [-0.15, -0.1) is 0 Å². The number of rotatable bonds is 3. The number of nitrogens with two attached hydrogens (primary N) is 1. The van der Waals surface area contributed by atoms with Crippen molar-refractivity contribution in [3.05, 3.63) is 34.9 Å². The molecule has 1 aromatic rings. The van der Waals surface area contributed by atoms with Gasteiger partial charge in [0.05, 0.1) is 5.92 Å². The predicted octanol–water partition coefficient (Wildman–Crippen LogP) is 2.90. The summed E-state index contributed by atoms with van der Waals surface area (Å²) < 4.78 is 5.32. The second kappa shape index (κ2) is 6.21. The molecule has 98 valence electrons. The van der Waals surface area contributed by atoms with E-state index in [0.29, 0.717) is 11.6 Å². The summed E-state index contributed by atoms with van der Waals surface area (Å²) in [4.78, 5) is 11.9. The Bertz CT molecular complexity index is 405. The largest absolute Gasteiger partial charge is 0.461 e. The zero-order chi connectivity index (χ0) is 13.0. The number of hydrogen-bond acceptors (Lipinski definition) is 3. The zero-order valence-electron chi connectivity index (χ0n) is 10.3. The molecule has 2 atom stereocenters. The van der Waals surface area contributed by atoms with Gasteiger partial charge in [-0.3, -0.25) is 4.79 Å². The van der Waals surface area contributed by atoms with E-state index in [1.165, 1.54) is 0 Å². The molecule has 1 aliphatic carbocycles. The van der Waals surface area contributed by atoms with Gasteiger partial charge in [-0.1, -0.05) is 36.6 Å². The van der Waals surface area contributed by atoms with Crippen molar-refractivity contribution in [2.75, 3.05) is 0 Å². The van der Waals surface area contributed by atoms with Crippen molar-refractivity contribution >= 4 is 17.6 Å². The van der Waals surface area contributed by atoms with E-state index in [2.05, 4.69) is 0 Å². The topological polar surface area (TPSA) is 52.3 Å². The Kier molecular flexibility index (Phi) is 4.61. The van der Waals surface area contributed by atoms with Crippen molar-refractivity contribution in [3.8, 4) is 0 Å². The van der Waals surface area contributed by atoms with E-state index in [0.717, 1.165) is 31.2 Å². The first-order valence-corrected chi connectivity index (χ1v) is 6.71. The van der Waals surface area contributed by atoms with Crippen LogP contribution < -0.4 is 5.73 Å². The number of ether oxygens (including phenoxy) is 1. The molecule has 2 unspecified atom stereocenters. The van der Waals surface area contributed by atoms with Crippen LogP contribution >= 0.6 is 11.6 Å². The number of halogens is 1. The summed E-state index contributed by atoms with van der Waals surface area (Å²) in [5.41, 5.74) is 6.89. The molecule has 2 rings (SSSR count). The highest BCUT2D eigenvalue weighted by Crippen LogP contribution is 2.24. The zero-order valence-corrected chi connectivity index (χ0v) is 11.0. The van der Waals surface area contributed by atoms with Crippen molar-refractivity contribution in [3.63, 3.8) is 0 Å². The summed E-state index contributed by atoms with van der Waals surface area (Å²) in [5, 5.41) is 0.680. The fraction of sp³-hybridized carbons (Fsp3) is 0.500. The standard InChI is InChI=1S/C14H18ClNO2/c15-11-7-5-10(6-8-11)9-18-14(17)12-3-1-2-4-13(12)16/h5-8,12-13H,1-4,9,16H2. The number of hydrogen-bond donors (Lipinski definition) is 1. The maximum Gasteiger partial charge on any atom is 0.310 e. The Morgan fingerprint density at radius 2 is 1.94 bits per heavy atom. The molecule has 1 aliphatic rings. The van der Waals surface area contributed by atoms with Gasteiger partial charge in [0.1, 0.15) is 6.61 Å². The van der Waals surface area contributed by atoms with Crippen LogP contribution in [0.2, 0.25) is 5.02 Å². The molecule has 0 saturated heterocycles. The second-order valence-corrected chi connectivity index (χ2v) is 5.23. The molecule has 1 aromatic carbocycles. The minimum absolute atomic E-state index is 0.0449. The van der Waals surface area contributed by atoms with E-state index in [1.54, 1.807) is 12.1 Å². The van der Waals surface area contributed by atoms with Crippen LogP contribution in [0.15, 0.2) is 24.3 Å². The molecule has 4 heteroatoms. The van der Waals surface area contributed by atoms with Crippen LogP contribution in [0.5, 0.6) is 0 Å². The summed E-state index contributed by atoms with van der Waals surface area (Å²) >= 11 is 5.79. The highest BCUT2D eigenvalue weighted by Gasteiger charge is 2.29. The van der Waals surface area contributed by atoms with Crippen LogP contribution in [0.25, 0.3) is 0 Å². The minimum atomic E-state index is -0.169. The lowest BCUT2D eigenvalue weighted by Crippen LogP contribution is -2.38. The van der Waals surface area contributed by atoms with Crippen LogP contribution in [0.4, 0.5) is 0 Å². The highest BCUT2D eigenvalue weighted by atomic mass is 35.5. The van der Waals surface area contributed by atoms with Crippen LogP contribution in [-0.2, 0) is 16.1 Å². The molecule has 0 aromatic heterocycles. The highest BCUT2D eigenvalue weighted by molar-refractivity contribution is 6.30. The molecule has 0 radical (unpaired) electrons. The van der Waals surface area contributed by atoms with E-state index in [9.17, 15) is 4.79 Å². The van der Waals surface area contributed by atoms with Crippen molar-refractivity contribution in [1.29, 1.82) is 0 Å². The Labute approximate surface area is 112 Å². The van der Waals surface area contributed by atoms with Crippen molar-refractivity contribution < 1.29 is 9.53 Å². The quantitative estimate of drug-likeness (QED) is 0.857. The van der Waals surface area contributed by atoms with Gasteiger partial charge in [-0.05, 0) is 30.5 Å². The molecule has 0 heterocycles. The first-order chi connectivity index (χ1) is 8.66. The molecule has 1 fully saturated rings. The smallest absolute Gasteiger partial charge is 0.310 e. The van der Waals surface area contributed by atoms with E-state index in [1.807, 2.05) is 12.1 Å². The molecule has 3 nitrogen and oxygen atoms in total. The Morgan fingerprint density at radius 1 is 1.28 bits per heavy atom. The maximum absolute atomic E-state index is 11.9. The molecule has 2 N–H and O–H groups in total. The average Bonchev–Trinajstić information content (AvgIpc) is 2.38. The average molecular weight is 268 g/mol. The molecular formula is C14H18ClNO2. The van der Waals surface area contributed by atoms with Gasteiger partial charge >= 0.3 is 5.97 Å². The third-order valence-electron chi connectivity index (χ3n) is 3.42. The molecule has 0 spiro atoms. The Hall–Kier alpha value is -1.06. The number of esters is 1. The van der Waals surface area contributed by atoms with E-state index in [-0.39, 0.29) is 17.9 Å². The summed E-state index contributed by atoms with van der Waals surface area (Å²) in [7, 11) is 0. The molecule has 1 saturated carbocycles. The molecule has 0 bridgehead atoms. The van der Waals surface area contributed by atoms with Gasteiger partial charge in [0, 0.05) is 11.1 Å². The first-order valence-electron chi connectivity index (χ1n) is 6.33. The van der Waals surface area contributed by atoms with Gasteiger partial charge in [0.25, 0.3) is 0 Å². The van der Waals surface area contributed by atoms with Gasteiger partial charge < -0.3 is 10.5 Å². The normalized spacial score (nSPS) is 23.7. The molecule has 18 heavy (non-hydrogen) atoms. The molecule has 0 amide bonds. The molecule has 0 aliphatic heterocycles. The van der Waals surface area contributed by atoms with Gasteiger partial charge in [0.2, 0.25) is 0 Å². The summed E-state index contributed by atoms with van der Waals surface area (Å²) in [6, 6.07) is 7.25. The van der Waals surface area contributed by atoms with Crippen LogP contribution in [0, 0.1) is 5.92 Å². The number of benzene rings is 1. The van der Waals surface area contributed by atoms with Crippen molar-refractivity contribution in [2.24, 2.45) is 11.7 Å². The fourth-order valence-electron chi connectivity index (χ4n) is 2.29. The molecular weight excluding hydrogens is 250 g/mol. The monoisotopic (exact) mass is 267 g/mol. The summed E-state index contributed by atoms with van der Waals surface area (Å²) in [6.07, 6.45) is 3.94. The number of carbonyl (C=O) groups is 1. The predicted molar refractivity (Wildman–Crippen MR) is 71.2 cm³/mol. The van der Waals surface area contributed by atoms with E-state index >= 15 is 0 Å². The van der Waals surface area contributed by atoms with E-state index in [4.69, 9.17) is 22.1 Å². The third-order valence-corrected chi connectivity index (χ3v) is 3.67. The fourth-order valence-corrected chi connectivity index (χ4v) is 2.42. The van der Waals surface area contributed by atoms with Crippen molar-refractivity contribution in [1.82, 2.24) is 0 Å². The second-order valence-electron chi connectivity index (χ2n) is 4.79. The SMILES string of the molecule is NC1CCCCC1C(=O)OCc1ccc(Cl)cc1. The van der Waals surface area contributed by atoms with Crippen LogP contribution in [-0.4, -0.2) is 12.0 Å². The Morgan fingerprint density at radius 3 is 2.61 bits per heavy atom. The van der Waals surface area contributed by atoms with Gasteiger partial charge in [0.15, 0.2) is 0 Å². The summed E-state index contributed by atoms with van der Waals surface area (Å²) in [6.45, 7) is 0.291. The lowest BCUT2D eigenvalue weighted by molar-refractivity contribution is -0.151. The number of carbonyl (C=O) groups excluding carboxylic acids is 1. The van der Waals surface area contributed by atoms with Gasteiger partial charge in [-0.25, -0.2) is 0 Å². The van der Waals surface area contributed by atoms with Crippen molar-refractivity contribution in [2.45, 2.75) is 38.3 Å². The van der Waals surface area contributed by atoms with Crippen LogP contribution in [0.3, 0.4) is 0 Å². The van der Waals surface area contributed by atoms with Gasteiger partial charge in [-0.2, -0.15) is 0 Å². The first kappa shape index (κ1) is 13.4.